The van der Waals surface area contributed by atoms with Crippen molar-refractivity contribution in [3.8, 4) is 0 Å². The van der Waals surface area contributed by atoms with Crippen molar-refractivity contribution in [2.24, 2.45) is 0 Å². The van der Waals surface area contributed by atoms with Gasteiger partial charge in [0.15, 0.2) is 0 Å². The van der Waals surface area contributed by atoms with E-state index in [-0.39, 0.29) is 5.91 Å². The SMILES string of the molecule is Nc1ccc(C(=O)Nc2ccc3nccnc3c2)nc1. The first kappa shape index (κ1) is 12.0. The Hall–Kier alpha value is -3.02. The van der Waals surface area contributed by atoms with Crippen LogP contribution in [0, 0.1) is 0 Å². The van der Waals surface area contributed by atoms with Gasteiger partial charge >= 0.3 is 0 Å². The Balaban J connectivity index is 1.85. The van der Waals surface area contributed by atoms with Crippen LogP contribution in [0.25, 0.3) is 11.0 Å². The molecule has 1 amide bonds. The van der Waals surface area contributed by atoms with Crippen LogP contribution in [0.4, 0.5) is 11.4 Å². The molecule has 0 unspecified atom stereocenters. The van der Waals surface area contributed by atoms with Gasteiger partial charge in [0.25, 0.3) is 5.91 Å². The zero-order valence-corrected chi connectivity index (χ0v) is 10.4. The lowest BCUT2D eigenvalue weighted by atomic mass is 10.2. The number of fused-ring (bicyclic) bond motifs is 1. The highest BCUT2D eigenvalue weighted by atomic mass is 16.1. The quantitative estimate of drug-likeness (QED) is 0.737. The van der Waals surface area contributed by atoms with E-state index in [9.17, 15) is 4.79 Å². The lowest BCUT2D eigenvalue weighted by Crippen LogP contribution is -2.13. The van der Waals surface area contributed by atoms with Crippen molar-refractivity contribution in [1.82, 2.24) is 15.0 Å². The predicted molar refractivity (Wildman–Crippen MR) is 76.1 cm³/mol. The van der Waals surface area contributed by atoms with E-state index in [4.69, 9.17) is 5.73 Å². The van der Waals surface area contributed by atoms with Crippen LogP contribution in [0.5, 0.6) is 0 Å². The molecule has 0 saturated heterocycles. The van der Waals surface area contributed by atoms with E-state index in [1.54, 1.807) is 42.7 Å². The van der Waals surface area contributed by atoms with Crippen molar-refractivity contribution in [3.63, 3.8) is 0 Å². The summed E-state index contributed by atoms with van der Waals surface area (Å²) in [6.45, 7) is 0. The zero-order valence-electron chi connectivity index (χ0n) is 10.4. The molecule has 0 aliphatic rings. The maximum absolute atomic E-state index is 12.0. The van der Waals surface area contributed by atoms with Gasteiger partial charge in [0, 0.05) is 18.1 Å². The van der Waals surface area contributed by atoms with Crippen LogP contribution in [0.3, 0.4) is 0 Å². The lowest BCUT2D eigenvalue weighted by Gasteiger charge is -2.05. The number of benzene rings is 1. The molecule has 1 aromatic carbocycles. The van der Waals surface area contributed by atoms with E-state index in [1.165, 1.54) is 6.20 Å². The van der Waals surface area contributed by atoms with E-state index in [0.29, 0.717) is 17.1 Å². The molecule has 0 fully saturated rings. The molecule has 3 N–H and O–H groups in total. The zero-order chi connectivity index (χ0) is 13.9. The fourth-order valence-corrected chi connectivity index (χ4v) is 1.78. The minimum atomic E-state index is -0.298. The molecule has 6 heteroatoms. The standard InChI is InChI=1S/C14H11N5O/c15-9-1-3-12(18-8-9)14(20)19-10-2-4-11-13(7-10)17-6-5-16-11/h1-8H,15H2,(H,19,20). The molecule has 3 aromatic rings. The molecule has 2 aromatic heterocycles. The topological polar surface area (TPSA) is 93.8 Å². The second-order valence-corrected chi connectivity index (χ2v) is 4.19. The number of carbonyl (C=O) groups excluding carboxylic acids is 1. The van der Waals surface area contributed by atoms with Gasteiger partial charge < -0.3 is 11.1 Å². The van der Waals surface area contributed by atoms with Gasteiger partial charge in [-0.25, -0.2) is 4.98 Å². The fourth-order valence-electron chi connectivity index (χ4n) is 1.78. The third-order valence-electron chi connectivity index (χ3n) is 2.75. The van der Waals surface area contributed by atoms with Gasteiger partial charge in [-0.1, -0.05) is 0 Å². The van der Waals surface area contributed by atoms with Crippen LogP contribution >= 0.6 is 0 Å². The average molecular weight is 265 g/mol. The van der Waals surface area contributed by atoms with E-state index in [1.807, 2.05) is 0 Å². The number of nitrogens with zero attached hydrogens (tertiary/aromatic N) is 3. The van der Waals surface area contributed by atoms with Crippen LogP contribution in [-0.2, 0) is 0 Å². The molecule has 3 rings (SSSR count). The third-order valence-corrected chi connectivity index (χ3v) is 2.75. The second-order valence-electron chi connectivity index (χ2n) is 4.19. The van der Waals surface area contributed by atoms with Crippen LogP contribution in [-0.4, -0.2) is 20.9 Å². The molecule has 0 atom stereocenters. The molecule has 98 valence electrons. The van der Waals surface area contributed by atoms with Crippen molar-refractivity contribution in [1.29, 1.82) is 0 Å². The minimum absolute atomic E-state index is 0.298. The number of hydrogen-bond donors (Lipinski definition) is 2. The molecule has 0 radical (unpaired) electrons. The van der Waals surface area contributed by atoms with Crippen molar-refractivity contribution >= 4 is 28.3 Å². The number of rotatable bonds is 2. The summed E-state index contributed by atoms with van der Waals surface area (Å²) in [7, 11) is 0. The van der Waals surface area contributed by atoms with Crippen LogP contribution in [0.2, 0.25) is 0 Å². The van der Waals surface area contributed by atoms with Crippen molar-refractivity contribution in [2.75, 3.05) is 11.1 Å². The molecule has 20 heavy (non-hydrogen) atoms. The second kappa shape index (κ2) is 4.93. The first-order valence-electron chi connectivity index (χ1n) is 5.96. The summed E-state index contributed by atoms with van der Waals surface area (Å²) in [5, 5.41) is 2.76. The summed E-state index contributed by atoms with van der Waals surface area (Å²) >= 11 is 0. The Morgan fingerprint density at radius 3 is 2.55 bits per heavy atom. The number of nitrogen functional groups attached to an aromatic ring is 1. The number of aromatic nitrogens is 3. The van der Waals surface area contributed by atoms with Gasteiger partial charge in [0.05, 0.1) is 22.9 Å². The van der Waals surface area contributed by atoms with E-state index >= 15 is 0 Å². The van der Waals surface area contributed by atoms with Crippen LogP contribution in [0.15, 0.2) is 48.9 Å². The van der Waals surface area contributed by atoms with E-state index in [0.717, 1.165) is 11.0 Å². The number of pyridine rings is 1. The Kier molecular flexibility index (Phi) is 2.96. The van der Waals surface area contributed by atoms with Crippen LogP contribution < -0.4 is 11.1 Å². The van der Waals surface area contributed by atoms with Gasteiger partial charge in [-0.2, -0.15) is 0 Å². The Morgan fingerprint density at radius 1 is 1.00 bits per heavy atom. The van der Waals surface area contributed by atoms with Gasteiger partial charge in [-0.05, 0) is 30.3 Å². The molecule has 0 spiro atoms. The highest BCUT2D eigenvalue weighted by molar-refractivity contribution is 6.03. The van der Waals surface area contributed by atoms with E-state index in [2.05, 4.69) is 20.3 Å². The summed E-state index contributed by atoms with van der Waals surface area (Å²) in [5.74, 6) is -0.298. The number of hydrogen-bond acceptors (Lipinski definition) is 5. The Labute approximate surface area is 114 Å². The van der Waals surface area contributed by atoms with Crippen molar-refractivity contribution < 1.29 is 4.79 Å². The molecular weight excluding hydrogens is 254 g/mol. The summed E-state index contributed by atoms with van der Waals surface area (Å²) in [5.41, 5.74) is 8.49. The van der Waals surface area contributed by atoms with Gasteiger partial charge in [0.1, 0.15) is 5.69 Å². The first-order chi connectivity index (χ1) is 9.72. The third kappa shape index (κ3) is 2.39. The summed E-state index contributed by atoms with van der Waals surface area (Å²) in [4.78, 5) is 24.3. The lowest BCUT2D eigenvalue weighted by molar-refractivity contribution is 0.102. The van der Waals surface area contributed by atoms with Crippen LogP contribution in [0.1, 0.15) is 10.5 Å². The maximum atomic E-state index is 12.0. The smallest absolute Gasteiger partial charge is 0.274 e. The van der Waals surface area contributed by atoms with E-state index < -0.39 is 0 Å². The van der Waals surface area contributed by atoms with Gasteiger partial charge in [-0.3, -0.25) is 14.8 Å². The van der Waals surface area contributed by atoms with Gasteiger partial charge in [0.2, 0.25) is 0 Å². The number of anilines is 2. The highest BCUT2D eigenvalue weighted by Gasteiger charge is 2.08. The first-order valence-corrected chi connectivity index (χ1v) is 5.96. The highest BCUT2D eigenvalue weighted by Crippen LogP contribution is 2.15. The Bertz CT molecular complexity index is 770. The molecule has 6 nitrogen and oxygen atoms in total. The number of carbonyl (C=O) groups is 1. The molecule has 0 aliphatic heterocycles. The molecule has 0 saturated carbocycles. The summed E-state index contributed by atoms with van der Waals surface area (Å²) in [6.07, 6.45) is 4.68. The monoisotopic (exact) mass is 265 g/mol. The number of nitrogens with two attached hydrogens (primary N) is 1. The molecule has 0 bridgehead atoms. The van der Waals surface area contributed by atoms with Crippen molar-refractivity contribution in [2.45, 2.75) is 0 Å². The molecular formula is C14H11N5O. The minimum Gasteiger partial charge on any atom is -0.397 e. The molecule has 2 heterocycles. The average Bonchev–Trinajstić information content (AvgIpc) is 2.48. The normalized spacial score (nSPS) is 10.4. The van der Waals surface area contributed by atoms with Gasteiger partial charge in [-0.15, -0.1) is 0 Å². The number of amides is 1. The predicted octanol–water partition coefficient (Wildman–Crippen LogP) is 1.86. The van der Waals surface area contributed by atoms with Crippen molar-refractivity contribution in [3.05, 3.63) is 54.6 Å². The summed E-state index contributed by atoms with van der Waals surface area (Å²) in [6, 6.07) is 8.54. The summed E-state index contributed by atoms with van der Waals surface area (Å²) < 4.78 is 0. The number of nitrogens with one attached hydrogen (secondary N) is 1. The maximum Gasteiger partial charge on any atom is 0.274 e. The molecule has 0 aliphatic carbocycles. The fraction of sp³-hybridized carbons (Fsp3) is 0. The Morgan fingerprint density at radius 2 is 1.80 bits per heavy atom. The largest absolute Gasteiger partial charge is 0.397 e.